The van der Waals surface area contributed by atoms with Crippen LogP contribution in [0.25, 0.3) is 0 Å². The van der Waals surface area contributed by atoms with E-state index >= 15 is 0 Å². The fraction of sp³-hybridized carbons (Fsp3) is 0.261. The highest BCUT2D eigenvalue weighted by Crippen LogP contribution is 2.26. The summed E-state index contributed by atoms with van der Waals surface area (Å²) in [5.41, 5.74) is 1.94. The van der Waals surface area contributed by atoms with Crippen LogP contribution < -0.4 is 10.1 Å². The molecule has 0 spiro atoms. The van der Waals surface area contributed by atoms with Crippen LogP contribution in [0.5, 0.6) is 5.75 Å². The van der Waals surface area contributed by atoms with Gasteiger partial charge in [0.05, 0.1) is 6.26 Å². The Balaban J connectivity index is 1.36. The van der Waals surface area contributed by atoms with Crippen LogP contribution in [0, 0.1) is 0 Å². The Morgan fingerprint density at radius 2 is 1.87 bits per heavy atom. The van der Waals surface area contributed by atoms with E-state index in [0.717, 1.165) is 11.1 Å². The lowest BCUT2D eigenvalue weighted by Gasteiger charge is -2.22. The summed E-state index contributed by atoms with van der Waals surface area (Å²) in [6.45, 7) is 1.04. The van der Waals surface area contributed by atoms with E-state index in [9.17, 15) is 13.2 Å². The first-order chi connectivity index (χ1) is 15.0. The number of hydrogen-bond donors (Lipinski definition) is 1. The normalized spacial score (nSPS) is 16.8. The maximum absolute atomic E-state index is 12.8. The number of hydrogen-bond acceptors (Lipinski definition) is 5. The molecule has 8 heteroatoms. The number of carbonyl (C=O) groups excluding carboxylic acids is 1. The second-order valence-corrected chi connectivity index (χ2v) is 9.17. The third kappa shape index (κ3) is 4.98. The van der Waals surface area contributed by atoms with Crippen LogP contribution in [-0.2, 0) is 28.0 Å². The molecule has 4 rings (SSSR count). The molecule has 1 aliphatic rings. The summed E-state index contributed by atoms with van der Waals surface area (Å²) in [5, 5.41) is 2.71. The standard InChI is InChI=1S/C23H24N2O5S/c26-23(21-11-5-13-25(21)31(27,28)22-12-6-14-29-22)24-16-19-9-4-10-20(15-19)30-17-18-7-2-1-3-8-18/h1-4,6-10,12,14-15,21H,5,11,13,16-17H2,(H,24,26)/t21-/m0/s1. The van der Waals surface area contributed by atoms with Gasteiger partial charge in [0.15, 0.2) is 0 Å². The molecule has 7 nitrogen and oxygen atoms in total. The predicted octanol–water partition coefficient (Wildman–Crippen LogP) is 3.33. The monoisotopic (exact) mass is 440 g/mol. The first-order valence-electron chi connectivity index (χ1n) is 10.1. The molecule has 2 aromatic carbocycles. The van der Waals surface area contributed by atoms with Gasteiger partial charge in [0.2, 0.25) is 11.0 Å². The molecule has 0 aliphatic carbocycles. The minimum Gasteiger partial charge on any atom is -0.489 e. The lowest BCUT2D eigenvalue weighted by molar-refractivity contribution is -0.124. The maximum Gasteiger partial charge on any atom is 0.277 e. The largest absolute Gasteiger partial charge is 0.489 e. The molecule has 0 saturated carbocycles. The summed E-state index contributed by atoms with van der Waals surface area (Å²) in [4.78, 5) is 12.8. The topological polar surface area (TPSA) is 88.9 Å². The highest BCUT2D eigenvalue weighted by molar-refractivity contribution is 7.89. The molecule has 162 valence electrons. The number of ether oxygens (including phenoxy) is 1. The Kier molecular flexibility index (Phi) is 6.39. The van der Waals surface area contributed by atoms with Gasteiger partial charge in [0, 0.05) is 13.1 Å². The quantitative estimate of drug-likeness (QED) is 0.580. The van der Waals surface area contributed by atoms with E-state index in [4.69, 9.17) is 9.15 Å². The molecule has 1 aliphatic heterocycles. The Bertz CT molecular complexity index is 1110. The predicted molar refractivity (Wildman–Crippen MR) is 115 cm³/mol. The Hall–Kier alpha value is -3.10. The summed E-state index contributed by atoms with van der Waals surface area (Å²) in [5.74, 6) is 0.390. The third-order valence-electron chi connectivity index (χ3n) is 5.18. The van der Waals surface area contributed by atoms with Crippen LogP contribution in [0.15, 0.2) is 82.5 Å². The zero-order chi connectivity index (χ0) is 21.7. The molecule has 0 radical (unpaired) electrons. The summed E-state index contributed by atoms with van der Waals surface area (Å²) < 4.78 is 37.6. The SMILES string of the molecule is O=C(NCc1cccc(OCc2ccccc2)c1)[C@@H]1CCCN1S(=O)(=O)c1ccco1. The molecule has 3 aromatic rings. The van der Waals surface area contributed by atoms with Gasteiger partial charge in [-0.1, -0.05) is 42.5 Å². The van der Waals surface area contributed by atoms with Crippen molar-refractivity contribution >= 4 is 15.9 Å². The molecule has 1 amide bonds. The number of benzene rings is 2. The first kappa shape index (κ1) is 21.1. The van der Waals surface area contributed by atoms with Crippen LogP contribution in [0.3, 0.4) is 0 Å². The zero-order valence-corrected chi connectivity index (χ0v) is 17.8. The molecule has 1 saturated heterocycles. The average Bonchev–Trinajstić information content (AvgIpc) is 3.50. The molecular weight excluding hydrogens is 416 g/mol. The zero-order valence-electron chi connectivity index (χ0n) is 16.9. The molecule has 0 bridgehead atoms. The van der Waals surface area contributed by atoms with Gasteiger partial charge in [-0.3, -0.25) is 4.79 Å². The van der Waals surface area contributed by atoms with E-state index < -0.39 is 16.1 Å². The third-order valence-corrected chi connectivity index (χ3v) is 6.97. The Labute approximate surface area is 181 Å². The van der Waals surface area contributed by atoms with Crippen molar-refractivity contribution in [1.82, 2.24) is 9.62 Å². The highest BCUT2D eigenvalue weighted by Gasteiger charge is 2.40. The summed E-state index contributed by atoms with van der Waals surface area (Å²) >= 11 is 0. The van der Waals surface area contributed by atoms with Crippen LogP contribution >= 0.6 is 0 Å². The number of carbonyl (C=O) groups is 1. The van der Waals surface area contributed by atoms with Gasteiger partial charge in [-0.2, -0.15) is 4.31 Å². The van der Waals surface area contributed by atoms with Crippen LogP contribution in [0.4, 0.5) is 0 Å². The number of furan rings is 1. The van der Waals surface area contributed by atoms with Gasteiger partial charge in [0.25, 0.3) is 10.0 Å². The Morgan fingerprint density at radius 3 is 2.65 bits per heavy atom. The number of nitrogens with one attached hydrogen (secondary N) is 1. The number of sulfonamides is 1. The van der Waals surface area contributed by atoms with Gasteiger partial charge in [-0.05, 0) is 48.2 Å². The minimum atomic E-state index is -3.83. The lowest BCUT2D eigenvalue weighted by atomic mass is 10.2. The van der Waals surface area contributed by atoms with Gasteiger partial charge in [-0.25, -0.2) is 8.42 Å². The van der Waals surface area contributed by atoms with Gasteiger partial charge >= 0.3 is 0 Å². The van der Waals surface area contributed by atoms with Crippen molar-refractivity contribution in [2.24, 2.45) is 0 Å². The van der Waals surface area contributed by atoms with Crippen molar-refractivity contribution in [2.75, 3.05) is 6.54 Å². The van der Waals surface area contributed by atoms with E-state index in [-0.39, 0.29) is 17.5 Å². The summed E-state index contributed by atoms with van der Waals surface area (Å²) in [6.07, 6.45) is 2.41. The molecular formula is C23H24N2O5S. The van der Waals surface area contributed by atoms with Gasteiger partial charge in [0.1, 0.15) is 18.4 Å². The van der Waals surface area contributed by atoms with E-state index in [1.165, 1.54) is 22.7 Å². The Morgan fingerprint density at radius 1 is 1.06 bits per heavy atom. The van der Waals surface area contributed by atoms with Crippen molar-refractivity contribution in [3.63, 3.8) is 0 Å². The minimum absolute atomic E-state index is 0.143. The number of amides is 1. The fourth-order valence-electron chi connectivity index (χ4n) is 3.61. The fourth-order valence-corrected chi connectivity index (χ4v) is 5.17. The first-order valence-corrected chi connectivity index (χ1v) is 11.6. The summed E-state index contributed by atoms with van der Waals surface area (Å²) in [7, 11) is -3.83. The second kappa shape index (κ2) is 9.36. The second-order valence-electron chi connectivity index (χ2n) is 7.35. The van der Waals surface area contributed by atoms with E-state index in [1.54, 1.807) is 0 Å². The average molecular weight is 441 g/mol. The number of rotatable bonds is 8. The smallest absolute Gasteiger partial charge is 0.277 e. The molecule has 1 N–H and O–H groups in total. The molecule has 2 heterocycles. The van der Waals surface area contributed by atoms with Crippen molar-refractivity contribution in [3.8, 4) is 5.75 Å². The van der Waals surface area contributed by atoms with Crippen molar-refractivity contribution in [1.29, 1.82) is 0 Å². The van der Waals surface area contributed by atoms with Gasteiger partial charge in [-0.15, -0.1) is 0 Å². The van der Waals surface area contributed by atoms with Crippen molar-refractivity contribution in [2.45, 2.75) is 37.1 Å². The van der Waals surface area contributed by atoms with E-state index in [1.807, 2.05) is 54.6 Å². The van der Waals surface area contributed by atoms with Crippen molar-refractivity contribution in [3.05, 3.63) is 84.1 Å². The molecule has 31 heavy (non-hydrogen) atoms. The lowest BCUT2D eigenvalue weighted by Crippen LogP contribution is -2.45. The number of nitrogens with zero attached hydrogens (tertiary/aromatic N) is 1. The molecule has 1 atom stereocenters. The van der Waals surface area contributed by atoms with Gasteiger partial charge < -0.3 is 14.5 Å². The van der Waals surface area contributed by atoms with Crippen molar-refractivity contribution < 1.29 is 22.4 Å². The molecule has 1 aromatic heterocycles. The van der Waals surface area contributed by atoms with Crippen LogP contribution in [-0.4, -0.2) is 31.2 Å². The maximum atomic E-state index is 12.8. The molecule has 1 fully saturated rings. The molecule has 0 unspecified atom stereocenters. The summed E-state index contributed by atoms with van der Waals surface area (Å²) in [6, 6.07) is 19.5. The highest BCUT2D eigenvalue weighted by atomic mass is 32.2. The van der Waals surface area contributed by atoms with E-state index in [0.29, 0.717) is 31.7 Å². The van der Waals surface area contributed by atoms with Crippen LogP contribution in [0.1, 0.15) is 24.0 Å². The van der Waals surface area contributed by atoms with Crippen LogP contribution in [0.2, 0.25) is 0 Å². The van der Waals surface area contributed by atoms with E-state index in [2.05, 4.69) is 5.32 Å².